The number of rotatable bonds is 7. The molecule has 0 radical (unpaired) electrons. The maximum absolute atomic E-state index is 12.9. The molecule has 0 saturated heterocycles. The van der Waals surface area contributed by atoms with Gasteiger partial charge in [0.15, 0.2) is 0 Å². The Morgan fingerprint density at radius 2 is 1.87 bits per heavy atom. The van der Waals surface area contributed by atoms with Crippen molar-refractivity contribution in [1.82, 2.24) is 10.0 Å². The quantitative estimate of drug-likeness (QED) is 0.429. The number of sulfonamides is 1. The SMILES string of the molecule is CCNCCNS(=O)(=O)c1ccc([N+](=O)[O-])cc1C(F)(F)F.Cl. The van der Waals surface area contributed by atoms with Crippen molar-refractivity contribution in [2.45, 2.75) is 18.0 Å². The van der Waals surface area contributed by atoms with E-state index in [1.165, 1.54) is 0 Å². The van der Waals surface area contributed by atoms with Crippen LogP contribution >= 0.6 is 12.4 Å². The van der Waals surface area contributed by atoms with E-state index in [9.17, 15) is 31.7 Å². The highest BCUT2D eigenvalue weighted by Crippen LogP contribution is 2.36. The summed E-state index contributed by atoms with van der Waals surface area (Å²) in [6.07, 6.45) is -5.03. The molecule has 0 aliphatic rings. The third kappa shape index (κ3) is 5.94. The Labute approximate surface area is 136 Å². The third-order valence-corrected chi connectivity index (χ3v) is 4.13. The minimum Gasteiger partial charge on any atom is -0.316 e. The number of nitro benzene ring substituents is 1. The Bertz CT molecular complexity index is 652. The summed E-state index contributed by atoms with van der Waals surface area (Å²) in [5, 5.41) is 13.4. The van der Waals surface area contributed by atoms with Crippen LogP contribution in [0, 0.1) is 10.1 Å². The summed E-state index contributed by atoms with van der Waals surface area (Å²) in [5.74, 6) is 0. The molecule has 1 aromatic carbocycles. The van der Waals surface area contributed by atoms with Crippen LogP contribution in [0.15, 0.2) is 23.1 Å². The number of likely N-dealkylation sites (N-methyl/N-ethyl adjacent to an activating group) is 1. The zero-order chi connectivity index (χ0) is 17.0. The highest BCUT2D eigenvalue weighted by Gasteiger charge is 2.38. The van der Waals surface area contributed by atoms with Gasteiger partial charge in [-0.05, 0) is 12.6 Å². The minimum atomic E-state index is -5.03. The van der Waals surface area contributed by atoms with Crippen LogP contribution < -0.4 is 10.0 Å². The van der Waals surface area contributed by atoms with Gasteiger partial charge in [-0.2, -0.15) is 13.2 Å². The smallest absolute Gasteiger partial charge is 0.316 e. The molecule has 0 spiro atoms. The van der Waals surface area contributed by atoms with Gasteiger partial charge < -0.3 is 5.32 Å². The fourth-order valence-corrected chi connectivity index (χ4v) is 2.85. The molecule has 0 aromatic heterocycles. The number of hydrogen-bond donors (Lipinski definition) is 2. The van der Waals surface area contributed by atoms with Crippen LogP contribution in [-0.4, -0.2) is 33.0 Å². The van der Waals surface area contributed by atoms with Crippen molar-refractivity contribution in [2.75, 3.05) is 19.6 Å². The lowest BCUT2D eigenvalue weighted by atomic mass is 10.2. The first-order chi connectivity index (χ1) is 10.1. The fraction of sp³-hybridized carbons (Fsp3) is 0.455. The molecule has 0 amide bonds. The number of nitro groups is 1. The molecule has 0 heterocycles. The summed E-state index contributed by atoms with van der Waals surface area (Å²) < 4.78 is 64.7. The standard InChI is InChI=1S/C11H14F3N3O4S.ClH/c1-2-15-5-6-16-22(20,21)10-4-3-8(17(18)19)7-9(10)11(12,13)14;/h3-4,7,15-16H,2,5-6H2,1H3;1H. The molecule has 2 N–H and O–H groups in total. The molecular weight excluding hydrogens is 363 g/mol. The van der Waals surface area contributed by atoms with E-state index < -0.39 is 37.3 Å². The summed E-state index contributed by atoms with van der Waals surface area (Å²) >= 11 is 0. The van der Waals surface area contributed by atoms with E-state index in [1.807, 2.05) is 4.72 Å². The third-order valence-electron chi connectivity index (χ3n) is 2.61. The molecule has 0 fully saturated rings. The van der Waals surface area contributed by atoms with Crippen LogP contribution in [0.3, 0.4) is 0 Å². The Kier molecular flexibility index (Phi) is 7.91. The number of halogens is 4. The lowest BCUT2D eigenvalue weighted by Crippen LogP contribution is -2.32. The van der Waals surface area contributed by atoms with Crippen molar-refractivity contribution in [2.24, 2.45) is 0 Å². The van der Waals surface area contributed by atoms with Crippen LogP contribution in [0.25, 0.3) is 0 Å². The van der Waals surface area contributed by atoms with Crippen molar-refractivity contribution >= 4 is 28.1 Å². The van der Waals surface area contributed by atoms with E-state index >= 15 is 0 Å². The topological polar surface area (TPSA) is 101 Å². The first-order valence-electron chi connectivity index (χ1n) is 6.15. The molecule has 132 valence electrons. The molecule has 0 saturated carbocycles. The predicted octanol–water partition coefficient (Wildman–Crippen LogP) is 1.92. The van der Waals surface area contributed by atoms with Crippen LogP contribution in [0.2, 0.25) is 0 Å². The first-order valence-corrected chi connectivity index (χ1v) is 7.64. The summed E-state index contributed by atoms with van der Waals surface area (Å²) in [6, 6.07) is 1.50. The second-order valence-electron chi connectivity index (χ2n) is 4.19. The highest BCUT2D eigenvalue weighted by molar-refractivity contribution is 7.89. The molecule has 0 unspecified atom stereocenters. The fourth-order valence-electron chi connectivity index (χ4n) is 1.62. The number of nitrogens with zero attached hydrogens (tertiary/aromatic N) is 1. The molecule has 7 nitrogen and oxygen atoms in total. The minimum absolute atomic E-state index is 0. The summed E-state index contributed by atoms with van der Waals surface area (Å²) in [5.41, 5.74) is -2.41. The number of non-ortho nitro benzene ring substituents is 1. The molecule has 1 rings (SSSR count). The van der Waals surface area contributed by atoms with Crippen LogP contribution in [0.4, 0.5) is 18.9 Å². The Morgan fingerprint density at radius 3 is 2.35 bits per heavy atom. The van der Waals surface area contributed by atoms with Gasteiger partial charge in [0.1, 0.15) is 0 Å². The molecule has 23 heavy (non-hydrogen) atoms. The van der Waals surface area contributed by atoms with Crippen molar-refractivity contribution in [1.29, 1.82) is 0 Å². The van der Waals surface area contributed by atoms with E-state index in [1.54, 1.807) is 6.92 Å². The number of alkyl halides is 3. The van der Waals surface area contributed by atoms with Crippen molar-refractivity contribution in [3.05, 3.63) is 33.9 Å². The molecule has 0 bridgehead atoms. The van der Waals surface area contributed by atoms with E-state index in [4.69, 9.17) is 0 Å². The molecule has 12 heteroatoms. The number of hydrogen-bond acceptors (Lipinski definition) is 5. The zero-order valence-corrected chi connectivity index (χ0v) is 13.5. The predicted molar refractivity (Wildman–Crippen MR) is 79.1 cm³/mol. The second kappa shape index (κ2) is 8.43. The molecule has 0 aliphatic carbocycles. The van der Waals surface area contributed by atoms with Crippen molar-refractivity contribution in [3.63, 3.8) is 0 Å². The molecule has 0 aliphatic heterocycles. The van der Waals surface area contributed by atoms with E-state index in [0.717, 1.165) is 0 Å². The molecular formula is C11H15ClF3N3O4S. The number of benzene rings is 1. The Hall–Kier alpha value is -1.43. The van der Waals surface area contributed by atoms with E-state index in [0.29, 0.717) is 18.7 Å². The van der Waals surface area contributed by atoms with E-state index in [-0.39, 0.29) is 31.6 Å². The van der Waals surface area contributed by atoms with Gasteiger partial charge in [-0.15, -0.1) is 12.4 Å². The van der Waals surface area contributed by atoms with Crippen LogP contribution in [0.1, 0.15) is 12.5 Å². The molecule has 1 aromatic rings. The van der Waals surface area contributed by atoms with Gasteiger partial charge in [0.2, 0.25) is 10.0 Å². The van der Waals surface area contributed by atoms with Crippen LogP contribution in [0.5, 0.6) is 0 Å². The first kappa shape index (κ1) is 21.6. The summed E-state index contributed by atoms with van der Waals surface area (Å²) in [7, 11) is -4.43. The average molecular weight is 378 g/mol. The average Bonchev–Trinajstić information content (AvgIpc) is 2.42. The van der Waals surface area contributed by atoms with Gasteiger partial charge in [0.05, 0.1) is 15.4 Å². The van der Waals surface area contributed by atoms with Gasteiger partial charge in [0, 0.05) is 25.2 Å². The van der Waals surface area contributed by atoms with Gasteiger partial charge in [-0.1, -0.05) is 6.92 Å². The van der Waals surface area contributed by atoms with Crippen molar-refractivity contribution < 1.29 is 26.5 Å². The maximum atomic E-state index is 12.9. The van der Waals surface area contributed by atoms with Crippen molar-refractivity contribution in [3.8, 4) is 0 Å². The van der Waals surface area contributed by atoms with Gasteiger partial charge in [-0.3, -0.25) is 10.1 Å². The maximum Gasteiger partial charge on any atom is 0.417 e. The van der Waals surface area contributed by atoms with Gasteiger partial charge in [-0.25, -0.2) is 13.1 Å². The normalized spacial score (nSPS) is 11.8. The highest BCUT2D eigenvalue weighted by atomic mass is 35.5. The van der Waals surface area contributed by atoms with Gasteiger partial charge >= 0.3 is 6.18 Å². The summed E-state index contributed by atoms with van der Waals surface area (Å²) in [4.78, 5) is 8.49. The second-order valence-corrected chi connectivity index (χ2v) is 5.92. The largest absolute Gasteiger partial charge is 0.417 e. The zero-order valence-electron chi connectivity index (χ0n) is 11.9. The van der Waals surface area contributed by atoms with Crippen LogP contribution in [-0.2, 0) is 16.2 Å². The lowest BCUT2D eigenvalue weighted by molar-refractivity contribution is -0.385. The van der Waals surface area contributed by atoms with Gasteiger partial charge in [0.25, 0.3) is 5.69 Å². The van der Waals surface area contributed by atoms with E-state index in [2.05, 4.69) is 5.32 Å². The Morgan fingerprint density at radius 1 is 1.26 bits per heavy atom. The summed E-state index contributed by atoms with van der Waals surface area (Å²) in [6.45, 7) is 2.49. The Balaban J connectivity index is 0.00000484. The molecule has 0 atom stereocenters. The lowest BCUT2D eigenvalue weighted by Gasteiger charge is -2.13. The monoisotopic (exact) mass is 377 g/mol. The number of nitrogens with one attached hydrogen (secondary N) is 2.